The molecular weight excluding hydrogens is 350 g/mol. The van der Waals surface area contributed by atoms with Crippen LogP contribution in [0.5, 0.6) is 0 Å². The number of nitrogens with one attached hydrogen (secondary N) is 1. The minimum atomic E-state index is 0.120. The lowest BCUT2D eigenvalue weighted by molar-refractivity contribution is 0.104. The van der Waals surface area contributed by atoms with Crippen LogP contribution in [-0.4, -0.2) is 31.6 Å². The zero-order valence-corrected chi connectivity index (χ0v) is 16.2. The highest BCUT2D eigenvalue weighted by molar-refractivity contribution is 5.20. The molecule has 0 saturated heterocycles. The summed E-state index contributed by atoms with van der Waals surface area (Å²) < 4.78 is 5.75. The molecule has 6 heteroatoms. The van der Waals surface area contributed by atoms with Gasteiger partial charge in [-0.2, -0.15) is 4.98 Å². The minimum absolute atomic E-state index is 0.120. The van der Waals surface area contributed by atoms with Gasteiger partial charge in [0.2, 0.25) is 5.89 Å². The Bertz CT molecular complexity index is 897. The molecule has 1 aliphatic heterocycles. The van der Waals surface area contributed by atoms with Gasteiger partial charge in [-0.25, -0.2) is 4.98 Å². The highest BCUT2D eigenvalue weighted by Crippen LogP contribution is 2.34. The van der Waals surface area contributed by atoms with E-state index in [4.69, 9.17) is 9.51 Å². The Morgan fingerprint density at radius 2 is 1.96 bits per heavy atom. The molecule has 1 aliphatic carbocycles. The van der Waals surface area contributed by atoms with E-state index in [1.54, 1.807) is 6.33 Å². The second-order valence-electron chi connectivity index (χ2n) is 8.19. The maximum atomic E-state index is 5.75. The Balaban J connectivity index is 1.36. The predicted molar refractivity (Wildman–Crippen MR) is 106 cm³/mol. The number of aromatic amines is 1. The van der Waals surface area contributed by atoms with Gasteiger partial charge in [0.15, 0.2) is 5.82 Å². The molecule has 3 heterocycles. The molecule has 0 radical (unpaired) electrons. The molecule has 0 spiro atoms. The number of imidazole rings is 1. The second-order valence-corrected chi connectivity index (χ2v) is 8.19. The van der Waals surface area contributed by atoms with Gasteiger partial charge in [0.1, 0.15) is 0 Å². The first-order valence-corrected chi connectivity index (χ1v) is 10.5. The van der Waals surface area contributed by atoms with Crippen molar-refractivity contribution < 1.29 is 4.52 Å². The molecule has 1 aromatic carbocycles. The van der Waals surface area contributed by atoms with Crippen LogP contribution in [0.1, 0.15) is 66.8 Å². The summed E-state index contributed by atoms with van der Waals surface area (Å²) in [5.41, 5.74) is 3.57. The first kappa shape index (κ1) is 17.6. The fraction of sp³-hybridized carbons (Fsp3) is 0.500. The number of hydrogen-bond acceptors (Lipinski definition) is 5. The van der Waals surface area contributed by atoms with Crippen molar-refractivity contribution in [3.05, 3.63) is 65.3 Å². The zero-order valence-electron chi connectivity index (χ0n) is 16.2. The smallest absolute Gasteiger partial charge is 0.244 e. The van der Waals surface area contributed by atoms with Crippen LogP contribution in [0.4, 0.5) is 0 Å². The lowest BCUT2D eigenvalue weighted by Gasteiger charge is -2.36. The Hall–Kier alpha value is -2.47. The first-order chi connectivity index (χ1) is 13.8. The van der Waals surface area contributed by atoms with E-state index in [1.165, 1.54) is 43.4 Å². The Labute approximate surface area is 165 Å². The van der Waals surface area contributed by atoms with Crippen LogP contribution < -0.4 is 0 Å². The van der Waals surface area contributed by atoms with E-state index in [0.717, 1.165) is 42.8 Å². The van der Waals surface area contributed by atoms with Crippen molar-refractivity contribution in [2.75, 3.05) is 6.54 Å². The van der Waals surface area contributed by atoms with Gasteiger partial charge in [0, 0.05) is 25.9 Å². The molecule has 1 fully saturated rings. The molecule has 28 heavy (non-hydrogen) atoms. The topological polar surface area (TPSA) is 70.8 Å². The summed E-state index contributed by atoms with van der Waals surface area (Å²) in [7, 11) is 0. The lowest BCUT2D eigenvalue weighted by atomic mass is 9.88. The fourth-order valence-electron chi connectivity index (χ4n) is 4.68. The largest absolute Gasteiger partial charge is 0.347 e. The fourth-order valence-corrected chi connectivity index (χ4v) is 4.68. The van der Waals surface area contributed by atoms with Gasteiger partial charge in [-0.3, -0.25) is 4.90 Å². The first-order valence-electron chi connectivity index (χ1n) is 10.5. The molecule has 2 aliphatic rings. The Kier molecular flexibility index (Phi) is 4.95. The monoisotopic (exact) mass is 377 g/mol. The standard InChI is InChI=1S/C22H27N5O/c1-3-7-16(8-4-1)11-21-25-22(28-26-21)20-12-18-19(24-15-23-18)14-27(20)13-17-9-5-2-6-10-17/h1,3-4,7-8,15,17,20H,2,5-6,9-14H2,(H,23,24). The zero-order chi connectivity index (χ0) is 18.8. The van der Waals surface area contributed by atoms with E-state index in [-0.39, 0.29) is 6.04 Å². The molecule has 1 saturated carbocycles. The molecule has 1 N–H and O–H groups in total. The molecule has 0 amide bonds. The van der Waals surface area contributed by atoms with Crippen LogP contribution in [0.3, 0.4) is 0 Å². The van der Waals surface area contributed by atoms with E-state index in [2.05, 4.69) is 32.2 Å². The molecule has 2 aromatic heterocycles. The van der Waals surface area contributed by atoms with Crippen molar-refractivity contribution in [3.8, 4) is 0 Å². The summed E-state index contributed by atoms with van der Waals surface area (Å²) in [5, 5.41) is 4.27. The highest BCUT2D eigenvalue weighted by Gasteiger charge is 2.34. The third kappa shape index (κ3) is 3.74. The quantitative estimate of drug-likeness (QED) is 0.726. The predicted octanol–water partition coefficient (Wildman–Crippen LogP) is 4.06. The third-order valence-electron chi connectivity index (χ3n) is 6.19. The normalized spacial score (nSPS) is 20.9. The molecule has 146 valence electrons. The summed E-state index contributed by atoms with van der Waals surface area (Å²) in [6, 6.07) is 10.4. The van der Waals surface area contributed by atoms with E-state index in [1.807, 2.05) is 18.2 Å². The summed E-state index contributed by atoms with van der Waals surface area (Å²) in [4.78, 5) is 15.1. The van der Waals surface area contributed by atoms with Gasteiger partial charge >= 0.3 is 0 Å². The van der Waals surface area contributed by atoms with Crippen molar-refractivity contribution in [1.29, 1.82) is 0 Å². The van der Waals surface area contributed by atoms with Crippen LogP contribution in [0.25, 0.3) is 0 Å². The molecule has 3 aromatic rings. The van der Waals surface area contributed by atoms with Crippen molar-refractivity contribution in [1.82, 2.24) is 25.0 Å². The minimum Gasteiger partial charge on any atom is -0.347 e. The number of aromatic nitrogens is 4. The number of fused-ring (bicyclic) bond motifs is 1. The van der Waals surface area contributed by atoms with E-state index in [0.29, 0.717) is 6.42 Å². The number of nitrogens with zero attached hydrogens (tertiary/aromatic N) is 4. The van der Waals surface area contributed by atoms with Crippen molar-refractivity contribution in [3.63, 3.8) is 0 Å². The van der Waals surface area contributed by atoms with Gasteiger partial charge in [-0.05, 0) is 24.3 Å². The van der Waals surface area contributed by atoms with E-state index in [9.17, 15) is 0 Å². The average Bonchev–Trinajstić information content (AvgIpc) is 3.38. The molecule has 1 unspecified atom stereocenters. The highest BCUT2D eigenvalue weighted by atomic mass is 16.5. The molecule has 6 nitrogen and oxygen atoms in total. The van der Waals surface area contributed by atoms with Crippen LogP contribution in [0.15, 0.2) is 41.2 Å². The number of benzene rings is 1. The number of rotatable bonds is 5. The van der Waals surface area contributed by atoms with E-state index < -0.39 is 0 Å². The molecular formula is C22H27N5O. The van der Waals surface area contributed by atoms with Gasteiger partial charge in [0.05, 0.1) is 23.8 Å². The van der Waals surface area contributed by atoms with Crippen LogP contribution in [0, 0.1) is 5.92 Å². The van der Waals surface area contributed by atoms with Crippen molar-refractivity contribution >= 4 is 0 Å². The van der Waals surface area contributed by atoms with Crippen LogP contribution >= 0.6 is 0 Å². The molecule has 1 atom stereocenters. The van der Waals surface area contributed by atoms with Gasteiger partial charge in [-0.15, -0.1) is 0 Å². The van der Waals surface area contributed by atoms with Crippen molar-refractivity contribution in [2.45, 2.75) is 57.5 Å². The molecule has 5 rings (SSSR count). The van der Waals surface area contributed by atoms with Crippen LogP contribution in [0.2, 0.25) is 0 Å². The number of hydrogen-bond donors (Lipinski definition) is 1. The second kappa shape index (κ2) is 7.87. The van der Waals surface area contributed by atoms with Crippen molar-refractivity contribution in [2.24, 2.45) is 5.92 Å². The molecule has 0 bridgehead atoms. The summed E-state index contributed by atoms with van der Waals surface area (Å²) >= 11 is 0. The maximum Gasteiger partial charge on any atom is 0.244 e. The van der Waals surface area contributed by atoms with Gasteiger partial charge in [-0.1, -0.05) is 54.8 Å². The SMILES string of the molecule is c1ccc(Cc2noc(C3Cc4nc[nH]c4CN3CC3CCCCC3)n2)cc1. The maximum absolute atomic E-state index is 5.75. The van der Waals surface area contributed by atoms with E-state index >= 15 is 0 Å². The Morgan fingerprint density at radius 1 is 1.11 bits per heavy atom. The van der Waals surface area contributed by atoms with Gasteiger partial charge < -0.3 is 9.51 Å². The average molecular weight is 377 g/mol. The Morgan fingerprint density at radius 3 is 2.82 bits per heavy atom. The number of H-pyrrole nitrogens is 1. The summed E-state index contributed by atoms with van der Waals surface area (Å²) in [6.07, 6.45) is 10.1. The summed E-state index contributed by atoms with van der Waals surface area (Å²) in [6.45, 7) is 1.98. The lowest BCUT2D eigenvalue weighted by Crippen LogP contribution is -2.38. The summed E-state index contributed by atoms with van der Waals surface area (Å²) in [5.74, 6) is 2.26. The van der Waals surface area contributed by atoms with Gasteiger partial charge in [0.25, 0.3) is 0 Å². The van der Waals surface area contributed by atoms with Crippen LogP contribution in [-0.2, 0) is 19.4 Å². The third-order valence-corrected chi connectivity index (χ3v) is 6.19.